The Kier molecular flexibility index (Phi) is 3.72. The molecule has 0 aliphatic heterocycles. The van der Waals surface area contributed by atoms with Crippen molar-refractivity contribution in [3.05, 3.63) is 47.3 Å². The standard InChI is InChI=1S/C13H15N3OS/c1-9-11(8-15-16(9)2)7-14-13(17)10-3-5-12(18)6-4-10/h3-6,8,18H,7H2,1-2H3,(H,14,17). The lowest BCUT2D eigenvalue weighted by molar-refractivity contribution is 0.0951. The highest BCUT2D eigenvalue weighted by Crippen LogP contribution is 2.09. The van der Waals surface area contributed by atoms with Crippen LogP contribution in [0, 0.1) is 6.92 Å². The van der Waals surface area contributed by atoms with Crippen molar-refractivity contribution >= 4 is 18.5 Å². The first-order valence-corrected chi connectivity index (χ1v) is 6.07. The number of hydrogen-bond acceptors (Lipinski definition) is 3. The van der Waals surface area contributed by atoms with E-state index in [0.717, 1.165) is 16.2 Å². The molecule has 0 atom stereocenters. The van der Waals surface area contributed by atoms with Gasteiger partial charge in [0, 0.05) is 35.3 Å². The molecule has 0 spiro atoms. The van der Waals surface area contributed by atoms with Crippen molar-refractivity contribution in [2.24, 2.45) is 7.05 Å². The number of rotatable bonds is 3. The molecule has 0 fully saturated rings. The number of amides is 1. The first-order valence-electron chi connectivity index (χ1n) is 5.62. The molecular formula is C13H15N3OS. The van der Waals surface area contributed by atoms with Gasteiger partial charge in [-0.2, -0.15) is 5.10 Å². The fourth-order valence-corrected chi connectivity index (χ4v) is 1.76. The molecule has 94 valence electrons. The third-order valence-electron chi connectivity index (χ3n) is 2.91. The minimum absolute atomic E-state index is 0.0911. The van der Waals surface area contributed by atoms with Gasteiger partial charge in [-0.25, -0.2) is 0 Å². The lowest BCUT2D eigenvalue weighted by Gasteiger charge is -2.05. The largest absolute Gasteiger partial charge is 0.348 e. The maximum Gasteiger partial charge on any atom is 0.251 e. The molecule has 1 aromatic carbocycles. The van der Waals surface area contributed by atoms with Crippen LogP contribution in [0.15, 0.2) is 35.4 Å². The van der Waals surface area contributed by atoms with Gasteiger partial charge in [0.25, 0.3) is 5.91 Å². The summed E-state index contributed by atoms with van der Waals surface area (Å²) < 4.78 is 1.79. The van der Waals surface area contributed by atoms with E-state index in [1.165, 1.54) is 0 Å². The van der Waals surface area contributed by atoms with Gasteiger partial charge >= 0.3 is 0 Å². The molecule has 2 aromatic rings. The molecule has 1 amide bonds. The highest BCUT2D eigenvalue weighted by atomic mass is 32.1. The van der Waals surface area contributed by atoms with Crippen LogP contribution in [0.2, 0.25) is 0 Å². The SMILES string of the molecule is Cc1c(CNC(=O)c2ccc(S)cc2)cnn1C. The molecule has 2 rings (SSSR count). The molecular weight excluding hydrogens is 246 g/mol. The van der Waals surface area contributed by atoms with E-state index in [2.05, 4.69) is 23.0 Å². The average Bonchev–Trinajstić information content (AvgIpc) is 2.68. The number of aryl methyl sites for hydroxylation is 1. The summed E-state index contributed by atoms with van der Waals surface area (Å²) in [6.07, 6.45) is 1.77. The molecule has 0 unspecified atom stereocenters. The van der Waals surface area contributed by atoms with Crippen molar-refractivity contribution in [3.8, 4) is 0 Å². The second-order valence-electron chi connectivity index (χ2n) is 4.11. The van der Waals surface area contributed by atoms with Crippen LogP contribution in [0.25, 0.3) is 0 Å². The maximum absolute atomic E-state index is 11.9. The summed E-state index contributed by atoms with van der Waals surface area (Å²) in [5.41, 5.74) is 2.71. The van der Waals surface area contributed by atoms with Gasteiger partial charge in [-0.05, 0) is 31.2 Å². The van der Waals surface area contributed by atoms with Crippen molar-refractivity contribution in [2.45, 2.75) is 18.4 Å². The number of thiol groups is 1. The second kappa shape index (κ2) is 5.27. The summed E-state index contributed by atoms with van der Waals surface area (Å²) in [6, 6.07) is 7.11. The number of aromatic nitrogens is 2. The summed E-state index contributed by atoms with van der Waals surface area (Å²) in [6.45, 7) is 2.46. The van der Waals surface area contributed by atoms with Gasteiger partial charge in [-0.1, -0.05) is 0 Å². The molecule has 0 radical (unpaired) electrons. The van der Waals surface area contributed by atoms with Gasteiger partial charge in [-0.3, -0.25) is 9.48 Å². The van der Waals surface area contributed by atoms with Gasteiger partial charge in [0.05, 0.1) is 6.20 Å². The highest BCUT2D eigenvalue weighted by Gasteiger charge is 2.07. The first-order chi connectivity index (χ1) is 8.58. The average molecular weight is 261 g/mol. The van der Waals surface area contributed by atoms with Crippen LogP contribution in [0.4, 0.5) is 0 Å². The zero-order valence-corrected chi connectivity index (χ0v) is 11.2. The molecule has 1 heterocycles. The van der Waals surface area contributed by atoms with E-state index < -0.39 is 0 Å². The van der Waals surface area contributed by atoms with Crippen LogP contribution in [-0.2, 0) is 13.6 Å². The van der Waals surface area contributed by atoms with Crippen LogP contribution in [0.1, 0.15) is 21.6 Å². The van der Waals surface area contributed by atoms with Crippen molar-refractivity contribution < 1.29 is 4.79 Å². The topological polar surface area (TPSA) is 46.9 Å². The molecule has 18 heavy (non-hydrogen) atoms. The predicted octanol–water partition coefficient (Wildman–Crippen LogP) is 1.95. The molecule has 0 bridgehead atoms. The third-order valence-corrected chi connectivity index (χ3v) is 3.20. The Bertz CT molecular complexity index is 560. The summed E-state index contributed by atoms with van der Waals surface area (Å²) in [7, 11) is 1.88. The van der Waals surface area contributed by atoms with Crippen molar-refractivity contribution in [3.63, 3.8) is 0 Å². The van der Waals surface area contributed by atoms with Crippen molar-refractivity contribution in [2.75, 3.05) is 0 Å². The Morgan fingerprint density at radius 1 is 1.39 bits per heavy atom. The smallest absolute Gasteiger partial charge is 0.251 e. The van der Waals surface area contributed by atoms with Crippen molar-refractivity contribution in [1.82, 2.24) is 15.1 Å². The molecule has 0 saturated heterocycles. The highest BCUT2D eigenvalue weighted by molar-refractivity contribution is 7.80. The Labute approximate surface area is 111 Å². The van der Waals surface area contributed by atoms with Crippen LogP contribution in [0.3, 0.4) is 0 Å². The molecule has 1 aromatic heterocycles. The predicted molar refractivity (Wildman–Crippen MR) is 72.8 cm³/mol. The molecule has 0 aliphatic rings. The van der Waals surface area contributed by atoms with Crippen molar-refractivity contribution in [1.29, 1.82) is 0 Å². The van der Waals surface area contributed by atoms with E-state index >= 15 is 0 Å². The molecule has 0 aliphatic carbocycles. The molecule has 4 nitrogen and oxygen atoms in total. The molecule has 5 heteroatoms. The fraction of sp³-hybridized carbons (Fsp3) is 0.231. The van der Waals surface area contributed by atoms with Gasteiger partial charge in [0.1, 0.15) is 0 Å². The first kappa shape index (κ1) is 12.7. The zero-order chi connectivity index (χ0) is 13.1. The third kappa shape index (κ3) is 2.73. The summed E-state index contributed by atoms with van der Waals surface area (Å²) in [5, 5.41) is 7.01. The Morgan fingerprint density at radius 3 is 2.61 bits per heavy atom. The van der Waals surface area contributed by atoms with E-state index in [1.807, 2.05) is 14.0 Å². The van der Waals surface area contributed by atoms with E-state index in [4.69, 9.17) is 0 Å². The van der Waals surface area contributed by atoms with Gasteiger partial charge in [-0.15, -0.1) is 12.6 Å². The molecule has 0 saturated carbocycles. The maximum atomic E-state index is 11.9. The summed E-state index contributed by atoms with van der Waals surface area (Å²) >= 11 is 4.18. The minimum Gasteiger partial charge on any atom is -0.348 e. The number of carbonyl (C=O) groups is 1. The van der Waals surface area contributed by atoms with Crippen LogP contribution in [-0.4, -0.2) is 15.7 Å². The van der Waals surface area contributed by atoms with E-state index in [1.54, 1.807) is 35.1 Å². The lowest BCUT2D eigenvalue weighted by Crippen LogP contribution is -2.22. The minimum atomic E-state index is -0.0911. The number of benzene rings is 1. The fourth-order valence-electron chi connectivity index (χ4n) is 1.61. The van der Waals surface area contributed by atoms with Crippen LogP contribution < -0.4 is 5.32 Å². The van der Waals surface area contributed by atoms with Crippen LogP contribution in [0.5, 0.6) is 0 Å². The number of carbonyl (C=O) groups excluding carboxylic acids is 1. The molecule has 1 N–H and O–H groups in total. The van der Waals surface area contributed by atoms with E-state index in [9.17, 15) is 4.79 Å². The van der Waals surface area contributed by atoms with E-state index in [-0.39, 0.29) is 5.91 Å². The summed E-state index contributed by atoms with van der Waals surface area (Å²) in [5.74, 6) is -0.0911. The lowest BCUT2D eigenvalue weighted by atomic mass is 10.2. The van der Waals surface area contributed by atoms with Gasteiger partial charge in [0.2, 0.25) is 0 Å². The quantitative estimate of drug-likeness (QED) is 0.830. The number of hydrogen-bond donors (Lipinski definition) is 2. The Balaban J connectivity index is 2.00. The normalized spacial score (nSPS) is 10.4. The monoisotopic (exact) mass is 261 g/mol. The Morgan fingerprint density at radius 2 is 2.06 bits per heavy atom. The van der Waals surface area contributed by atoms with Gasteiger partial charge < -0.3 is 5.32 Å². The van der Waals surface area contributed by atoms with Crippen LogP contribution >= 0.6 is 12.6 Å². The number of nitrogens with one attached hydrogen (secondary N) is 1. The van der Waals surface area contributed by atoms with Gasteiger partial charge in [0.15, 0.2) is 0 Å². The number of nitrogens with zero attached hydrogens (tertiary/aromatic N) is 2. The zero-order valence-electron chi connectivity index (χ0n) is 10.3. The summed E-state index contributed by atoms with van der Waals surface area (Å²) in [4.78, 5) is 12.7. The Hall–Kier alpha value is -1.75. The second-order valence-corrected chi connectivity index (χ2v) is 4.62. The van der Waals surface area contributed by atoms with E-state index in [0.29, 0.717) is 12.1 Å².